The first-order chi connectivity index (χ1) is 21.4. The number of esters is 1. The fraction of sp³-hybridized carbons (Fsp3) is 0.400. The van der Waals surface area contributed by atoms with Crippen molar-refractivity contribution < 1.29 is 56.5 Å². The van der Waals surface area contributed by atoms with Gasteiger partial charge in [-0.05, 0) is 48.4 Å². The number of benzene rings is 2. The van der Waals surface area contributed by atoms with Crippen molar-refractivity contribution in [1.29, 1.82) is 0 Å². The maximum Gasteiger partial charge on any atom is 0.331 e. The highest BCUT2D eigenvalue weighted by atomic mass is 31.2. The summed E-state index contributed by atoms with van der Waals surface area (Å²) in [6, 6.07) is 6.92. The van der Waals surface area contributed by atoms with Crippen molar-refractivity contribution in [3.63, 3.8) is 0 Å². The zero-order valence-corrected chi connectivity index (χ0v) is 26.5. The van der Waals surface area contributed by atoms with Crippen molar-refractivity contribution in [3.8, 4) is 5.75 Å². The molecular weight excluding hydrogens is 615 g/mol. The Balaban J connectivity index is 0.000000854. The topological polar surface area (TPSA) is 132 Å². The van der Waals surface area contributed by atoms with E-state index in [0.717, 1.165) is 16.3 Å². The lowest BCUT2D eigenvalue weighted by Gasteiger charge is -2.45. The number of nitrogens with one attached hydrogen (secondary N) is 1. The fourth-order valence-electron chi connectivity index (χ4n) is 5.08. The number of halogens is 2. The highest BCUT2D eigenvalue weighted by molar-refractivity contribution is 7.39. The van der Waals surface area contributed by atoms with Crippen LogP contribution in [0.5, 0.6) is 5.75 Å². The second-order valence-electron chi connectivity index (χ2n) is 10.5. The number of morpholine rings is 2. The first-order valence-electron chi connectivity index (χ1n) is 14.0. The van der Waals surface area contributed by atoms with Gasteiger partial charge in [-0.2, -0.15) is 0 Å². The molecular formula is C30H37F2N3O9P+. The number of carbonyl (C=O) groups excluding carboxylic acids is 2. The van der Waals surface area contributed by atoms with Crippen LogP contribution in [0.2, 0.25) is 0 Å². The van der Waals surface area contributed by atoms with Crippen molar-refractivity contribution in [1.82, 2.24) is 4.90 Å². The smallest absolute Gasteiger partial charge is 0.331 e. The Bertz CT molecular complexity index is 1450. The van der Waals surface area contributed by atoms with E-state index in [-0.39, 0.29) is 55.8 Å². The molecule has 15 heteroatoms. The Morgan fingerprint density at radius 2 is 1.82 bits per heavy atom. The number of hydrogen-bond acceptors (Lipinski definition) is 10. The predicted molar refractivity (Wildman–Crippen MR) is 159 cm³/mol. The summed E-state index contributed by atoms with van der Waals surface area (Å²) >= 11 is 0. The van der Waals surface area contributed by atoms with Gasteiger partial charge in [0.1, 0.15) is 29.7 Å². The molecule has 2 aromatic rings. The van der Waals surface area contributed by atoms with Crippen LogP contribution in [0.4, 0.5) is 14.5 Å². The summed E-state index contributed by atoms with van der Waals surface area (Å²) in [6.07, 6.45) is 3.55. The largest absolute Gasteiger partial charge is 0.495 e. The van der Waals surface area contributed by atoms with E-state index in [9.17, 15) is 18.4 Å². The molecule has 2 fully saturated rings. The Kier molecular flexibility index (Phi) is 11.5. The summed E-state index contributed by atoms with van der Waals surface area (Å²) in [6.45, 7) is 5.80. The van der Waals surface area contributed by atoms with E-state index < -0.39 is 26.3 Å². The number of amides is 1. The third-order valence-corrected chi connectivity index (χ3v) is 7.96. The molecule has 0 aromatic heterocycles. The van der Waals surface area contributed by atoms with Crippen LogP contribution in [0.3, 0.4) is 0 Å². The summed E-state index contributed by atoms with van der Waals surface area (Å²) in [5, 5.41) is 0. The molecule has 2 saturated heterocycles. The molecule has 2 aromatic carbocycles. The molecule has 3 aliphatic rings. The van der Waals surface area contributed by atoms with Crippen molar-refractivity contribution >= 4 is 32.2 Å². The van der Waals surface area contributed by atoms with Crippen LogP contribution < -0.4 is 14.5 Å². The van der Waals surface area contributed by atoms with Gasteiger partial charge >= 0.3 is 14.6 Å². The van der Waals surface area contributed by atoms with Crippen molar-refractivity contribution in [2.24, 2.45) is 0 Å². The fourth-order valence-corrected chi connectivity index (χ4v) is 5.35. The normalized spacial score (nSPS) is 22.0. The number of allylic oxidation sites excluding steroid dienone is 1. The van der Waals surface area contributed by atoms with E-state index in [1.807, 2.05) is 30.2 Å². The summed E-state index contributed by atoms with van der Waals surface area (Å²) in [7, 11) is 0.460. The third kappa shape index (κ3) is 8.15. The average Bonchev–Trinajstić information content (AvgIpc) is 3.39. The molecule has 12 nitrogen and oxygen atoms in total. The Morgan fingerprint density at radius 3 is 2.44 bits per heavy atom. The van der Waals surface area contributed by atoms with Gasteiger partial charge in [0.25, 0.3) is 5.91 Å². The maximum absolute atomic E-state index is 14.3. The molecule has 1 unspecified atom stereocenters. The van der Waals surface area contributed by atoms with Crippen molar-refractivity contribution in [2.75, 3.05) is 52.3 Å². The first kappa shape index (κ1) is 34.2. The van der Waals surface area contributed by atoms with E-state index in [4.69, 9.17) is 28.5 Å². The zero-order valence-electron chi connectivity index (χ0n) is 25.6. The summed E-state index contributed by atoms with van der Waals surface area (Å²) < 4.78 is 54.9. The van der Waals surface area contributed by atoms with Crippen LogP contribution in [0.1, 0.15) is 36.6 Å². The van der Waals surface area contributed by atoms with E-state index >= 15 is 0 Å². The number of carbonyl (C=O) groups is 2. The van der Waals surface area contributed by atoms with Gasteiger partial charge in [-0.25, -0.2) is 8.78 Å². The number of methoxy groups -OCH3 is 2. The van der Waals surface area contributed by atoms with Gasteiger partial charge < -0.3 is 33.6 Å². The number of fused-ring (bicyclic) bond motifs is 1. The summed E-state index contributed by atoms with van der Waals surface area (Å²) in [4.78, 5) is 45.8. The summed E-state index contributed by atoms with van der Waals surface area (Å²) in [5.41, 5.74) is 2.65. The lowest BCUT2D eigenvalue weighted by atomic mass is 9.99. The Labute approximate surface area is 261 Å². The molecule has 0 aliphatic carbocycles. The maximum atomic E-state index is 14.3. The van der Waals surface area contributed by atoms with Crippen molar-refractivity contribution in [3.05, 3.63) is 76.3 Å². The molecule has 3 atom stereocenters. The molecule has 3 N–H and O–H groups in total. The van der Waals surface area contributed by atoms with Crippen LogP contribution in [0.15, 0.2) is 48.0 Å². The molecule has 3 heterocycles. The number of rotatable bonds is 7. The molecule has 45 heavy (non-hydrogen) atoms. The van der Waals surface area contributed by atoms with Crippen LogP contribution in [0.25, 0.3) is 6.08 Å². The van der Waals surface area contributed by atoms with Gasteiger partial charge in [0.2, 0.25) is 0 Å². The minimum atomic E-state index is -2.44. The van der Waals surface area contributed by atoms with Gasteiger partial charge in [-0.3, -0.25) is 23.9 Å². The van der Waals surface area contributed by atoms with Crippen molar-refractivity contribution in [2.45, 2.75) is 32.9 Å². The lowest BCUT2D eigenvalue weighted by molar-refractivity contribution is -0.871. The van der Waals surface area contributed by atoms with Crippen LogP contribution >= 0.6 is 8.60 Å². The Hall–Kier alpha value is -3.65. The molecule has 1 amide bonds. The number of hydrogen-bond donors (Lipinski definition) is 3. The highest BCUT2D eigenvalue weighted by Gasteiger charge is 2.42. The van der Waals surface area contributed by atoms with Crippen LogP contribution in [-0.2, 0) is 28.3 Å². The van der Waals surface area contributed by atoms with E-state index in [0.29, 0.717) is 23.5 Å². The van der Waals surface area contributed by atoms with Crippen LogP contribution in [-0.4, -0.2) is 80.0 Å². The quantitative estimate of drug-likeness (QED) is 0.233. The predicted octanol–water partition coefficient (Wildman–Crippen LogP) is 2.51. The molecule has 3 aliphatic heterocycles. The van der Waals surface area contributed by atoms with Gasteiger partial charge in [-0.15, -0.1) is 0 Å². The van der Waals surface area contributed by atoms with E-state index in [1.54, 1.807) is 24.2 Å². The molecule has 0 spiro atoms. The lowest BCUT2D eigenvalue weighted by Crippen LogP contribution is -3.09. The molecule has 0 saturated carbocycles. The van der Waals surface area contributed by atoms with E-state index in [2.05, 4.69) is 4.74 Å². The monoisotopic (exact) mass is 652 g/mol. The number of anilines is 1. The first-order valence-corrected chi connectivity index (χ1v) is 15.1. The third-order valence-electron chi connectivity index (χ3n) is 7.60. The average molecular weight is 653 g/mol. The number of quaternary nitrogens is 1. The van der Waals surface area contributed by atoms with E-state index in [1.165, 1.54) is 33.1 Å². The Morgan fingerprint density at radius 1 is 1.13 bits per heavy atom. The van der Waals surface area contributed by atoms with Crippen LogP contribution in [0, 0.1) is 18.6 Å². The van der Waals surface area contributed by atoms with Gasteiger partial charge in [0.15, 0.2) is 19.2 Å². The van der Waals surface area contributed by atoms with Gasteiger partial charge in [0, 0.05) is 19.4 Å². The molecule has 5 rings (SSSR count). The second-order valence-corrected chi connectivity index (χ2v) is 11.3. The summed E-state index contributed by atoms with van der Waals surface area (Å²) in [5.74, 6) is -1.31. The number of nitrogens with zero attached hydrogens (tertiary/aromatic N) is 2. The van der Waals surface area contributed by atoms with Gasteiger partial charge in [-0.1, -0.05) is 6.07 Å². The zero-order chi connectivity index (χ0) is 32.8. The standard InChI is InChI=1S/C27H30F2N3O7P.C3H6O2/c1-16-10-30(14-31(16)15-39-40(34)35)23-5-4-18(6-25(23)36-3)7-26-27(33)32-20(12-38-26)11-37-13-24(32)19-8-21(28)17(2)22(29)9-19;1-3(4)5-2/h4-10,20,24,34-35H,11-15H2,1-3H3;1-2H3/p+1/b26-7-;/t20-,24+;/m1./s1. The minimum Gasteiger partial charge on any atom is -0.495 e. The molecule has 244 valence electrons. The highest BCUT2D eigenvalue weighted by Crippen LogP contribution is 2.35. The second kappa shape index (κ2) is 15.1. The SMILES string of the molecule is COC(C)=O.COc1cc(/C=C2\OC[C@H]3COC[C@@H](c4cc(F)c(C)c(F)c4)N3C2=O)ccc1N1C=C(C)[NH+](COP(O)O)C1. The molecule has 0 radical (unpaired) electrons. The van der Waals surface area contributed by atoms with Gasteiger partial charge in [0.05, 0.1) is 51.4 Å². The minimum absolute atomic E-state index is 0.0740. The number of ether oxygens (including phenoxy) is 4. The molecule has 0 bridgehead atoms.